The Kier molecular flexibility index (Phi) is 4.87. The number of carbonyl (C=O) groups excluding carboxylic acids is 1. The molecule has 0 aromatic carbocycles. The largest absolute Gasteiger partial charge is 0.469 e. The lowest BCUT2D eigenvalue weighted by atomic mass is 9.93. The number of hydrogen-bond donors (Lipinski definition) is 1. The summed E-state index contributed by atoms with van der Waals surface area (Å²) >= 11 is 0. The minimum Gasteiger partial charge on any atom is -0.469 e. The predicted octanol–water partition coefficient (Wildman–Crippen LogP) is 1.28. The van der Waals surface area contributed by atoms with Crippen molar-refractivity contribution in [3.05, 3.63) is 0 Å². The highest BCUT2D eigenvalue weighted by Crippen LogP contribution is 2.22. The summed E-state index contributed by atoms with van der Waals surface area (Å²) in [7, 11) is 1.36. The fourth-order valence-electron chi connectivity index (χ4n) is 1.80. The first-order valence-corrected chi connectivity index (χ1v) is 5.15. The van der Waals surface area contributed by atoms with Gasteiger partial charge >= 0.3 is 5.97 Å². The maximum atomic E-state index is 13.5. The fourth-order valence-corrected chi connectivity index (χ4v) is 1.80. The average Bonchev–Trinajstić information content (AvgIpc) is 2.39. The molecule has 0 aromatic rings. The van der Waals surface area contributed by atoms with Gasteiger partial charge < -0.3 is 10.1 Å². The van der Waals surface area contributed by atoms with Crippen LogP contribution in [0.1, 0.15) is 25.7 Å². The molecule has 0 saturated carbocycles. The highest BCUT2D eigenvalue weighted by Gasteiger charge is 2.23. The van der Waals surface area contributed by atoms with E-state index in [1.165, 1.54) is 7.11 Å². The van der Waals surface area contributed by atoms with E-state index in [0.717, 1.165) is 19.5 Å². The molecule has 4 heteroatoms. The number of ether oxygens (including phenoxy) is 1. The van der Waals surface area contributed by atoms with Crippen LogP contribution in [-0.2, 0) is 9.53 Å². The van der Waals surface area contributed by atoms with Gasteiger partial charge in [0.05, 0.1) is 7.11 Å². The summed E-state index contributed by atoms with van der Waals surface area (Å²) in [6, 6.07) is 0. The van der Waals surface area contributed by atoms with E-state index in [9.17, 15) is 9.18 Å². The number of halogens is 1. The third kappa shape index (κ3) is 3.62. The van der Waals surface area contributed by atoms with Crippen LogP contribution in [0.15, 0.2) is 0 Å². The van der Waals surface area contributed by atoms with Crippen molar-refractivity contribution in [3.8, 4) is 0 Å². The lowest BCUT2D eigenvalue weighted by Crippen LogP contribution is -2.17. The SMILES string of the molecule is COC(=O)CC[C@H]1CCNCC[C@H]1F. The number of methoxy groups -OCH3 is 1. The van der Waals surface area contributed by atoms with Crippen molar-refractivity contribution in [3.63, 3.8) is 0 Å². The third-order valence-electron chi connectivity index (χ3n) is 2.75. The van der Waals surface area contributed by atoms with Gasteiger partial charge in [0.1, 0.15) is 6.17 Å². The van der Waals surface area contributed by atoms with Crippen molar-refractivity contribution in [1.29, 1.82) is 0 Å². The topological polar surface area (TPSA) is 38.3 Å². The van der Waals surface area contributed by atoms with E-state index in [1.807, 2.05) is 0 Å². The van der Waals surface area contributed by atoms with E-state index in [0.29, 0.717) is 19.3 Å². The summed E-state index contributed by atoms with van der Waals surface area (Å²) < 4.78 is 18.0. The number of hydrogen-bond acceptors (Lipinski definition) is 3. The molecular formula is C10H18FNO2. The average molecular weight is 203 g/mol. The Balaban J connectivity index is 2.29. The van der Waals surface area contributed by atoms with Gasteiger partial charge in [0.15, 0.2) is 0 Å². The van der Waals surface area contributed by atoms with Gasteiger partial charge in [-0.3, -0.25) is 4.79 Å². The van der Waals surface area contributed by atoms with E-state index in [2.05, 4.69) is 10.1 Å². The zero-order valence-electron chi connectivity index (χ0n) is 8.59. The van der Waals surface area contributed by atoms with Crippen molar-refractivity contribution in [2.75, 3.05) is 20.2 Å². The number of carbonyl (C=O) groups is 1. The molecule has 82 valence electrons. The molecule has 0 amide bonds. The highest BCUT2D eigenvalue weighted by molar-refractivity contribution is 5.69. The number of esters is 1. The predicted molar refractivity (Wildman–Crippen MR) is 51.7 cm³/mol. The number of nitrogens with one attached hydrogen (secondary N) is 1. The van der Waals surface area contributed by atoms with E-state index in [-0.39, 0.29) is 11.9 Å². The normalized spacial score (nSPS) is 28.1. The van der Waals surface area contributed by atoms with Crippen molar-refractivity contribution in [2.45, 2.75) is 31.9 Å². The summed E-state index contributed by atoms with van der Waals surface area (Å²) in [5.74, 6) is -0.224. The standard InChI is InChI=1S/C10H18FNO2/c1-14-10(13)3-2-8-4-6-12-7-5-9(8)11/h8-9,12H,2-7H2,1H3/t8-,9+/m0/s1. The molecule has 2 atom stereocenters. The fraction of sp³-hybridized carbons (Fsp3) is 0.900. The Morgan fingerprint density at radius 3 is 2.93 bits per heavy atom. The molecule has 0 aromatic heterocycles. The molecule has 0 aliphatic carbocycles. The van der Waals surface area contributed by atoms with Crippen molar-refractivity contribution < 1.29 is 13.9 Å². The molecule has 0 bridgehead atoms. The monoisotopic (exact) mass is 203 g/mol. The van der Waals surface area contributed by atoms with E-state index < -0.39 is 6.17 Å². The molecule has 0 unspecified atom stereocenters. The van der Waals surface area contributed by atoms with E-state index in [1.54, 1.807) is 0 Å². The van der Waals surface area contributed by atoms with Crippen molar-refractivity contribution in [1.82, 2.24) is 5.32 Å². The van der Waals surface area contributed by atoms with Crippen LogP contribution < -0.4 is 5.32 Å². The Morgan fingerprint density at radius 2 is 2.21 bits per heavy atom. The lowest BCUT2D eigenvalue weighted by molar-refractivity contribution is -0.141. The molecule has 1 rings (SSSR count). The Morgan fingerprint density at radius 1 is 1.50 bits per heavy atom. The lowest BCUT2D eigenvalue weighted by Gasteiger charge is -2.16. The molecule has 1 N–H and O–H groups in total. The first kappa shape index (κ1) is 11.4. The van der Waals surface area contributed by atoms with E-state index in [4.69, 9.17) is 0 Å². The maximum Gasteiger partial charge on any atom is 0.305 e. The second kappa shape index (κ2) is 5.96. The Hall–Kier alpha value is -0.640. The summed E-state index contributed by atoms with van der Waals surface area (Å²) in [5, 5.41) is 3.15. The van der Waals surface area contributed by atoms with Gasteiger partial charge in [0.25, 0.3) is 0 Å². The molecule has 1 aliphatic rings. The van der Waals surface area contributed by atoms with Gasteiger partial charge in [-0.2, -0.15) is 0 Å². The van der Waals surface area contributed by atoms with Crippen molar-refractivity contribution >= 4 is 5.97 Å². The van der Waals surface area contributed by atoms with Crippen LogP contribution in [0.25, 0.3) is 0 Å². The summed E-state index contributed by atoms with van der Waals surface area (Å²) in [4.78, 5) is 10.9. The van der Waals surface area contributed by atoms with Crippen LogP contribution in [0.3, 0.4) is 0 Å². The van der Waals surface area contributed by atoms with Gasteiger partial charge in [-0.15, -0.1) is 0 Å². The smallest absolute Gasteiger partial charge is 0.305 e. The minimum absolute atomic E-state index is 0.0177. The molecule has 1 fully saturated rings. The van der Waals surface area contributed by atoms with Gasteiger partial charge in [-0.25, -0.2) is 4.39 Å². The third-order valence-corrected chi connectivity index (χ3v) is 2.75. The second-order valence-corrected chi connectivity index (χ2v) is 3.72. The first-order chi connectivity index (χ1) is 6.74. The zero-order chi connectivity index (χ0) is 10.4. The summed E-state index contributed by atoms with van der Waals surface area (Å²) in [6.07, 6.45) is 1.55. The first-order valence-electron chi connectivity index (χ1n) is 5.15. The van der Waals surface area contributed by atoms with Crippen LogP contribution in [-0.4, -0.2) is 32.3 Å². The minimum atomic E-state index is -0.769. The van der Waals surface area contributed by atoms with Crippen LogP contribution >= 0.6 is 0 Å². The van der Waals surface area contributed by atoms with Crippen LogP contribution in [0, 0.1) is 5.92 Å². The van der Waals surface area contributed by atoms with Crippen molar-refractivity contribution in [2.24, 2.45) is 5.92 Å². The molecule has 3 nitrogen and oxygen atoms in total. The Labute approximate surface area is 84.0 Å². The molecular weight excluding hydrogens is 185 g/mol. The molecule has 1 aliphatic heterocycles. The van der Waals surface area contributed by atoms with Gasteiger partial charge in [0.2, 0.25) is 0 Å². The van der Waals surface area contributed by atoms with Crippen LogP contribution in [0.5, 0.6) is 0 Å². The number of rotatable bonds is 3. The molecule has 0 spiro atoms. The zero-order valence-corrected chi connectivity index (χ0v) is 8.59. The van der Waals surface area contributed by atoms with Gasteiger partial charge in [-0.05, 0) is 38.3 Å². The summed E-state index contributed by atoms with van der Waals surface area (Å²) in [5.41, 5.74) is 0. The van der Waals surface area contributed by atoms with E-state index >= 15 is 0 Å². The van der Waals surface area contributed by atoms with Gasteiger partial charge in [0, 0.05) is 6.42 Å². The van der Waals surface area contributed by atoms with Crippen LogP contribution in [0.4, 0.5) is 4.39 Å². The molecule has 1 saturated heterocycles. The summed E-state index contributed by atoms with van der Waals surface area (Å²) in [6.45, 7) is 1.60. The molecule has 1 heterocycles. The second-order valence-electron chi connectivity index (χ2n) is 3.72. The molecule has 14 heavy (non-hydrogen) atoms. The van der Waals surface area contributed by atoms with Crippen LogP contribution in [0.2, 0.25) is 0 Å². The molecule has 0 radical (unpaired) electrons. The van der Waals surface area contributed by atoms with Gasteiger partial charge in [-0.1, -0.05) is 0 Å². The number of alkyl halides is 1. The quantitative estimate of drug-likeness (QED) is 0.702. The highest BCUT2D eigenvalue weighted by atomic mass is 19.1. The Bertz CT molecular complexity index is 187. The maximum absolute atomic E-state index is 13.5.